The molecule has 3 heterocycles. The zero-order chi connectivity index (χ0) is 24.0. The fraction of sp³-hybridized carbons (Fsp3) is 0.357. The average molecular weight is 471 g/mol. The van der Waals surface area contributed by atoms with Gasteiger partial charge in [-0.2, -0.15) is 0 Å². The Bertz CT molecular complexity index is 1300. The molecule has 2 saturated heterocycles. The molecule has 2 fully saturated rings. The second-order valence-electron chi connectivity index (χ2n) is 9.93. The first-order valence-corrected chi connectivity index (χ1v) is 12.3. The fourth-order valence-electron chi connectivity index (χ4n) is 5.41. The summed E-state index contributed by atoms with van der Waals surface area (Å²) in [5, 5.41) is 5.12. The van der Waals surface area contributed by atoms with E-state index in [0.717, 1.165) is 67.8 Å². The smallest absolute Gasteiger partial charge is 0.326 e. The highest BCUT2D eigenvalue weighted by molar-refractivity contribution is 6.07. The van der Waals surface area contributed by atoms with Crippen LogP contribution in [0.2, 0.25) is 0 Å². The molecular formula is C28H30N4O3. The summed E-state index contributed by atoms with van der Waals surface area (Å²) >= 11 is 0. The summed E-state index contributed by atoms with van der Waals surface area (Å²) in [7, 11) is 0. The molecule has 0 unspecified atom stereocenters. The molecule has 0 aromatic heterocycles. The number of benzene rings is 3. The van der Waals surface area contributed by atoms with Crippen molar-refractivity contribution in [3.05, 3.63) is 77.4 Å². The van der Waals surface area contributed by atoms with Crippen LogP contribution < -0.4 is 10.1 Å². The first kappa shape index (κ1) is 22.1. The number of urea groups is 1. The van der Waals surface area contributed by atoms with Crippen LogP contribution >= 0.6 is 0 Å². The van der Waals surface area contributed by atoms with Crippen molar-refractivity contribution in [2.75, 3.05) is 39.5 Å². The van der Waals surface area contributed by atoms with E-state index in [-0.39, 0.29) is 11.9 Å². The minimum Gasteiger partial charge on any atom is -0.493 e. The summed E-state index contributed by atoms with van der Waals surface area (Å²) in [5.41, 5.74) is 2.36. The lowest BCUT2D eigenvalue weighted by Crippen LogP contribution is -2.51. The predicted octanol–water partition coefficient (Wildman–Crippen LogP) is 3.32. The molecule has 3 amide bonds. The highest BCUT2D eigenvalue weighted by Gasteiger charge is 2.49. The Kier molecular flexibility index (Phi) is 5.46. The van der Waals surface area contributed by atoms with Crippen molar-refractivity contribution in [2.24, 2.45) is 0 Å². The van der Waals surface area contributed by atoms with Crippen molar-refractivity contribution < 1.29 is 14.3 Å². The van der Waals surface area contributed by atoms with Gasteiger partial charge in [0.25, 0.3) is 5.91 Å². The van der Waals surface area contributed by atoms with Gasteiger partial charge in [-0.15, -0.1) is 0 Å². The Hall–Kier alpha value is -3.42. The van der Waals surface area contributed by atoms with Gasteiger partial charge in [0.05, 0.1) is 13.3 Å². The molecule has 0 spiro atoms. The molecule has 0 aliphatic carbocycles. The highest BCUT2D eigenvalue weighted by atomic mass is 16.5. The lowest BCUT2D eigenvalue weighted by molar-refractivity contribution is -0.132. The number of fused-ring (bicyclic) bond motifs is 2. The molecule has 7 nitrogen and oxygen atoms in total. The van der Waals surface area contributed by atoms with Gasteiger partial charge >= 0.3 is 6.03 Å². The van der Waals surface area contributed by atoms with Gasteiger partial charge in [0.15, 0.2) is 0 Å². The molecule has 0 radical (unpaired) electrons. The van der Waals surface area contributed by atoms with Crippen molar-refractivity contribution >= 4 is 22.7 Å². The van der Waals surface area contributed by atoms with Crippen molar-refractivity contribution in [1.82, 2.24) is 20.0 Å². The molecule has 35 heavy (non-hydrogen) atoms. The molecule has 7 heteroatoms. The summed E-state index contributed by atoms with van der Waals surface area (Å²) in [6.45, 7) is 7.24. The van der Waals surface area contributed by atoms with Crippen LogP contribution in [0.5, 0.6) is 5.75 Å². The summed E-state index contributed by atoms with van der Waals surface area (Å²) < 4.78 is 5.61. The van der Waals surface area contributed by atoms with Crippen molar-refractivity contribution in [3.63, 3.8) is 0 Å². The molecule has 0 bridgehead atoms. The number of amides is 3. The maximum Gasteiger partial charge on any atom is 0.326 e. The van der Waals surface area contributed by atoms with E-state index in [1.807, 2.05) is 42.5 Å². The standard InChI is InChI=1S/C28H30N4O3/c1-28(24-8-7-21-4-2-3-5-22(21)17-24)26(33)32(27(34)29-28)19-31-13-11-30(12-14-31)18-20-6-9-25-23(16-20)10-15-35-25/h2-9,16-17H,10-15,18-19H2,1H3,(H,29,34)/t28-/m0/s1. The molecule has 6 rings (SSSR count). The van der Waals surface area contributed by atoms with Crippen LogP contribution in [0, 0.1) is 0 Å². The lowest BCUT2D eigenvalue weighted by atomic mass is 9.90. The number of rotatable bonds is 5. The van der Waals surface area contributed by atoms with Crippen molar-refractivity contribution in [3.8, 4) is 5.75 Å². The van der Waals surface area contributed by atoms with Crippen LogP contribution in [0.3, 0.4) is 0 Å². The molecule has 3 aromatic carbocycles. The maximum atomic E-state index is 13.4. The molecule has 1 N–H and O–H groups in total. The third-order valence-corrected chi connectivity index (χ3v) is 7.57. The van der Waals surface area contributed by atoms with Gasteiger partial charge in [-0.3, -0.25) is 14.6 Å². The number of carbonyl (C=O) groups is 2. The maximum absolute atomic E-state index is 13.4. The van der Waals surface area contributed by atoms with Gasteiger partial charge in [0.1, 0.15) is 11.3 Å². The Morgan fingerprint density at radius 1 is 0.914 bits per heavy atom. The van der Waals surface area contributed by atoms with Crippen LogP contribution in [-0.2, 0) is 23.3 Å². The Balaban J connectivity index is 1.09. The van der Waals surface area contributed by atoms with Gasteiger partial charge in [0.2, 0.25) is 0 Å². The van der Waals surface area contributed by atoms with Gasteiger partial charge in [-0.25, -0.2) is 9.69 Å². The van der Waals surface area contributed by atoms with E-state index in [0.29, 0.717) is 6.67 Å². The minimum atomic E-state index is -1.06. The monoisotopic (exact) mass is 470 g/mol. The van der Waals surface area contributed by atoms with Gasteiger partial charge in [-0.1, -0.05) is 48.5 Å². The first-order chi connectivity index (χ1) is 17.0. The fourth-order valence-corrected chi connectivity index (χ4v) is 5.41. The number of nitrogens with zero attached hydrogens (tertiary/aromatic N) is 3. The number of ether oxygens (including phenoxy) is 1. The van der Waals surface area contributed by atoms with Gasteiger partial charge < -0.3 is 10.1 Å². The number of hydrogen-bond donors (Lipinski definition) is 1. The number of carbonyl (C=O) groups excluding carboxylic acids is 2. The van der Waals surface area contributed by atoms with Crippen molar-refractivity contribution in [1.29, 1.82) is 0 Å². The van der Waals surface area contributed by atoms with Crippen LogP contribution in [0.1, 0.15) is 23.6 Å². The zero-order valence-electron chi connectivity index (χ0n) is 20.0. The molecule has 180 valence electrons. The average Bonchev–Trinajstić information content (AvgIpc) is 3.43. The van der Waals surface area contributed by atoms with Crippen LogP contribution in [0.15, 0.2) is 60.7 Å². The molecule has 3 aromatic rings. The summed E-state index contributed by atoms with van der Waals surface area (Å²) in [5.74, 6) is 0.823. The number of piperazine rings is 1. The van der Waals surface area contributed by atoms with E-state index in [1.54, 1.807) is 6.92 Å². The number of hydrogen-bond acceptors (Lipinski definition) is 5. The number of nitrogens with one attached hydrogen (secondary N) is 1. The third kappa shape index (κ3) is 4.05. The molecule has 0 saturated carbocycles. The summed E-state index contributed by atoms with van der Waals surface area (Å²) in [4.78, 5) is 32.3. The van der Waals surface area contributed by atoms with E-state index in [4.69, 9.17) is 4.74 Å². The highest BCUT2D eigenvalue weighted by Crippen LogP contribution is 2.31. The Labute approximate surface area is 205 Å². The van der Waals surface area contributed by atoms with E-state index >= 15 is 0 Å². The minimum absolute atomic E-state index is 0.194. The SMILES string of the molecule is C[C@@]1(c2ccc3ccccc3c2)NC(=O)N(CN2CCN(Cc3ccc4c(c3)CCO4)CC2)C1=O. The normalized spacial score (nSPS) is 22.9. The van der Waals surface area contributed by atoms with Gasteiger partial charge in [0, 0.05) is 39.1 Å². The summed E-state index contributed by atoms with van der Waals surface area (Å²) in [6, 6.07) is 20.2. The zero-order valence-corrected chi connectivity index (χ0v) is 20.0. The van der Waals surface area contributed by atoms with Crippen LogP contribution in [-0.4, -0.2) is 66.1 Å². The Morgan fingerprint density at radius 2 is 1.69 bits per heavy atom. The lowest BCUT2D eigenvalue weighted by Gasteiger charge is -2.36. The van der Waals surface area contributed by atoms with Crippen molar-refractivity contribution in [2.45, 2.75) is 25.4 Å². The van der Waals surface area contributed by atoms with E-state index < -0.39 is 5.54 Å². The van der Waals surface area contributed by atoms with E-state index in [1.165, 1.54) is 16.0 Å². The second-order valence-corrected chi connectivity index (χ2v) is 9.93. The largest absolute Gasteiger partial charge is 0.493 e. The predicted molar refractivity (Wildman–Crippen MR) is 134 cm³/mol. The molecule has 1 atom stereocenters. The topological polar surface area (TPSA) is 65.1 Å². The van der Waals surface area contributed by atoms with Crippen LogP contribution in [0.4, 0.5) is 4.79 Å². The summed E-state index contributed by atoms with van der Waals surface area (Å²) in [6.07, 6.45) is 0.987. The quantitative estimate of drug-likeness (QED) is 0.580. The first-order valence-electron chi connectivity index (χ1n) is 12.3. The van der Waals surface area contributed by atoms with E-state index in [9.17, 15) is 9.59 Å². The van der Waals surface area contributed by atoms with Crippen LogP contribution in [0.25, 0.3) is 10.8 Å². The third-order valence-electron chi connectivity index (χ3n) is 7.57. The molecule has 3 aliphatic heterocycles. The number of imide groups is 1. The molecular weight excluding hydrogens is 440 g/mol. The molecule has 3 aliphatic rings. The second kappa shape index (κ2) is 8.66. The van der Waals surface area contributed by atoms with E-state index in [2.05, 4.69) is 33.3 Å². The van der Waals surface area contributed by atoms with Gasteiger partial charge in [-0.05, 0) is 46.5 Å². The Morgan fingerprint density at radius 3 is 2.51 bits per heavy atom.